The molecule has 0 aromatic heterocycles. The highest BCUT2D eigenvalue weighted by Crippen LogP contribution is 2.17. The van der Waals surface area contributed by atoms with Crippen molar-refractivity contribution < 1.29 is 9.59 Å². The Morgan fingerprint density at radius 2 is 1.59 bits per heavy atom. The Kier molecular flexibility index (Phi) is 7.29. The summed E-state index contributed by atoms with van der Waals surface area (Å²) in [6, 6.07) is 16.7. The first-order chi connectivity index (χ1) is 14.0. The molecule has 0 bridgehead atoms. The van der Waals surface area contributed by atoms with E-state index in [4.69, 9.17) is 11.6 Å². The van der Waals surface area contributed by atoms with Crippen LogP contribution in [0.5, 0.6) is 0 Å². The van der Waals surface area contributed by atoms with Crippen LogP contribution in [-0.2, 0) is 11.3 Å². The highest BCUT2D eigenvalue weighted by Gasteiger charge is 2.31. The van der Waals surface area contributed by atoms with E-state index in [1.165, 1.54) is 5.56 Å². The number of halogens is 1. The molecule has 2 aromatic carbocycles. The lowest BCUT2D eigenvalue weighted by Crippen LogP contribution is -2.56. The van der Waals surface area contributed by atoms with Crippen LogP contribution in [0.15, 0.2) is 54.6 Å². The van der Waals surface area contributed by atoms with Crippen molar-refractivity contribution in [2.45, 2.75) is 26.4 Å². The molecule has 0 spiro atoms. The molecule has 0 unspecified atom stereocenters. The van der Waals surface area contributed by atoms with E-state index in [9.17, 15) is 9.59 Å². The monoisotopic (exact) mass is 413 g/mol. The Bertz CT molecular complexity index is 833. The maximum absolute atomic E-state index is 13.1. The smallest absolute Gasteiger partial charge is 0.253 e. The summed E-state index contributed by atoms with van der Waals surface area (Å²) >= 11 is 6.13. The highest BCUT2D eigenvalue weighted by atomic mass is 35.5. The third kappa shape index (κ3) is 5.58. The van der Waals surface area contributed by atoms with Gasteiger partial charge < -0.3 is 10.2 Å². The summed E-state index contributed by atoms with van der Waals surface area (Å²) in [5.41, 5.74) is 1.67. The SMILES string of the molecule is CC(C)[C@H](NC(=O)c1ccccc1Cl)C(=O)N1CCN(Cc2ccccc2)CC1. The molecule has 1 N–H and O–H groups in total. The second-order valence-electron chi connectivity index (χ2n) is 7.76. The van der Waals surface area contributed by atoms with Crippen LogP contribution in [0.1, 0.15) is 29.8 Å². The Balaban J connectivity index is 1.58. The average molecular weight is 414 g/mol. The number of rotatable bonds is 6. The number of nitrogens with zero attached hydrogens (tertiary/aromatic N) is 2. The van der Waals surface area contributed by atoms with Crippen molar-refractivity contribution in [3.8, 4) is 0 Å². The minimum absolute atomic E-state index is 0.0173. The fraction of sp³-hybridized carbons (Fsp3) is 0.391. The fourth-order valence-electron chi connectivity index (χ4n) is 3.54. The zero-order chi connectivity index (χ0) is 20.8. The van der Waals surface area contributed by atoms with Crippen molar-refractivity contribution in [1.82, 2.24) is 15.1 Å². The van der Waals surface area contributed by atoms with E-state index >= 15 is 0 Å². The van der Waals surface area contributed by atoms with Crippen molar-refractivity contribution >= 4 is 23.4 Å². The van der Waals surface area contributed by atoms with Gasteiger partial charge >= 0.3 is 0 Å². The molecule has 29 heavy (non-hydrogen) atoms. The molecule has 6 heteroatoms. The van der Waals surface area contributed by atoms with E-state index in [0.29, 0.717) is 23.7 Å². The van der Waals surface area contributed by atoms with Crippen molar-refractivity contribution in [1.29, 1.82) is 0 Å². The van der Waals surface area contributed by atoms with E-state index in [-0.39, 0.29) is 17.7 Å². The van der Waals surface area contributed by atoms with Crippen LogP contribution in [0.2, 0.25) is 5.02 Å². The first-order valence-electron chi connectivity index (χ1n) is 10.1. The minimum atomic E-state index is -0.570. The highest BCUT2D eigenvalue weighted by molar-refractivity contribution is 6.33. The predicted octanol–water partition coefficient (Wildman–Crippen LogP) is 3.44. The third-order valence-corrected chi connectivity index (χ3v) is 5.60. The van der Waals surface area contributed by atoms with Crippen LogP contribution in [0, 0.1) is 5.92 Å². The normalized spacial score (nSPS) is 15.9. The molecule has 1 heterocycles. The molecule has 5 nitrogen and oxygen atoms in total. The second kappa shape index (κ2) is 9.90. The molecule has 154 valence electrons. The van der Waals surface area contributed by atoms with Gasteiger partial charge in [0.1, 0.15) is 6.04 Å². The van der Waals surface area contributed by atoms with Gasteiger partial charge in [0.2, 0.25) is 5.91 Å². The van der Waals surface area contributed by atoms with Crippen molar-refractivity contribution in [2.24, 2.45) is 5.92 Å². The summed E-state index contributed by atoms with van der Waals surface area (Å²) in [5.74, 6) is -0.360. The summed E-state index contributed by atoms with van der Waals surface area (Å²) in [6.07, 6.45) is 0. The van der Waals surface area contributed by atoms with Gasteiger partial charge in [0.25, 0.3) is 5.91 Å². The Labute approximate surface area is 177 Å². The van der Waals surface area contributed by atoms with E-state index in [2.05, 4.69) is 22.3 Å². The van der Waals surface area contributed by atoms with Crippen LogP contribution < -0.4 is 5.32 Å². The zero-order valence-electron chi connectivity index (χ0n) is 17.0. The van der Waals surface area contributed by atoms with Gasteiger partial charge in [-0.05, 0) is 23.6 Å². The Morgan fingerprint density at radius 3 is 2.21 bits per heavy atom. The maximum Gasteiger partial charge on any atom is 0.253 e. The van der Waals surface area contributed by atoms with Gasteiger partial charge in [-0.2, -0.15) is 0 Å². The summed E-state index contributed by atoms with van der Waals surface area (Å²) in [5, 5.41) is 3.28. The maximum atomic E-state index is 13.1. The first-order valence-corrected chi connectivity index (χ1v) is 10.4. The molecule has 0 aliphatic carbocycles. The number of amides is 2. The number of hydrogen-bond donors (Lipinski definition) is 1. The number of hydrogen-bond acceptors (Lipinski definition) is 3. The number of piperazine rings is 1. The van der Waals surface area contributed by atoms with Gasteiger partial charge in [-0.1, -0.05) is 67.9 Å². The van der Waals surface area contributed by atoms with Crippen LogP contribution in [-0.4, -0.2) is 53.8 Å². The molecule has 3 rings (SSSR count). The lowest BCUT2D eigenvalue weighted by Gasteiger charge is -2.37. The van der Waals surface area contributed by atoms with Crippen LogP contribution >= 0.6 is 11.6 Å². The van der Waals surface area contributed by atoms with Gasteiger partial charge in [-0.15, -0.1) is 0 Å². The number of carbonyl (C=O) groups excluding carboxylic acids is 2. The van der Waals surface area contributed by atoms with E-state index in [1.54, 1.807) is 24.3 Å². The fourth-order valence-corrected chi connectivity index (χ4v) is 3.76. The Morgan fingerprint density at radius 1 is 0.966 bits per heavy atom. The zero-order valence-corrected chi connectivity index (χ0v) is 17.7. The van der Waals surface area contributed by atoms with E-state index in [1.807, 2.05) is 36.9 Å². The average Bonchev–Trinajstić information content (AvgIpc) is 2.73. The molecular weight excluding hydrogens is 386 g/mol. The van der Waals surface area contributed by atoms with E-state index < -0.39 is 6.04 Å². The first kappa shape index (κ1) is 21.3. The van der Waals surface area contributed by atoms with Crippen molar-refractivity contribution in [3.05, 3.63) is 70.7 Å². The van der Waals surface area contributed by atoms with Gasteiger partial charge in [-0.3, -0.25) is 14.5 Å². The quantitative estimate of drug-likeness (QED) is 0.789. The molecule has 0 radical (unpaired) electrons. The van der Waals surface area contributed by atoms with Crippen LogP contribution in [0.4, 0.5) is 0 Å². The number of carbonyl (C=O) groups is 2. The molecule has 1 aliphatic rings. The largest absolute Gasteiger partial charge is 0.340 e. The van der Waals surface area contributed by atoms with Crippen LogP contribution in [0.3, 0.4) is 0 Å². The van der Waals surface area contributed by atoms with Gasteiger partial charge in [0.05, 0.1) is 10.6 Å². The molecule has 0 saturated carbocycles. The second-order valence-corrected chi connectivity index (χ2v) is 8.17. The van der Waals surface area contributed by atoms with Crippen molar-refractivity contribution in [3.63, 3.8) is 0 Å². The van der Waals surface area contributed by atoms with E-state index in [0.717, 1.165) is 19.6 Å². The third-order valence-electron chi connectivity index (χ3n) is 5.27. The molecule has 1 aliphatic heterocycles. The lowest BCUT2D eigenvalue weighted by atomic mass is 10.0. The number of nitrogens with one attached hydrogen (secondary N) is 1. The minimum Gasteiger partial charge on any atom is -0.340 e. The van der Waals surface area contributed by atoms with Gasteiger partial charge in [-0.25, -0.2) is 0 Å². The molecule has 1 fully saturated rings. The van der Waals surface area contributed by atoms with Crippen molar-refractivity contribution in [2.75, 3.05) is 26.2 Å². The summed E-state index contributed by atoms with van der Waals surface area (Å²) in [7, 11) is 0. The van der Waals surface area contributed by atoms with Gasteiger partial charge in [0, 0.05) is 32.7 Å². The Hall–Kier alpha value is -2.37. The van der Waals surface area contributed by atoms with Crippen LogP contribution in [0.25, 0.3) is 0 Å². The topological polar surface area (TPSA) is 52.7 Å². The molecule has 1 saturated heterocycles. The molecular formula is C23H28ClN3O2. The number of benzene rings is 2. The standard InChI is InChI=1S/C23H28ClN3O2/c1-17(2)21(25-22(28)19-10-6-7-11-20(19)24)23(29)27-14-12-26(13-15-27)16-18-8-4-3-5-9-18/h3-11,17,21H,12-16H2,1-2H3,(H,25,28)/t21-/m0/s1. The molecule has 2 aromatic rings. The van der Waals surface area contributed by atoms with Gasteiger partial charge in [0.15, 0.2) is 0 Å². The summed E-state index contributed by atoms with van der Waals surface area (Å²) in [4.78, 5) is 30.0. The molecule has 1 atom stereocenters. The predicted molar refractivity (Wildman–Crippen MR) is 116 cm³/mol. The molecule has 2 amide bonds. The summed E-state index contributed by atoms with van der Waals surface area (Å²) in [6.45, 7) is 7.75. The lowest BCUT2D eigenvalue weighted by molar-refractivity contribution is -0.136. The summed E-state index contributed by atoms with van der Waals surface area (Å²) < 4.78 is 0.